The van der Waals surface area contributed by atoms with Crippen LogP contribution < -0.4 is 0 Å². The summed E-state index contributed by atoms with van der Waals surface area (Å²) >= 11 is 0. The van der Waals surface area contributed by atoms with Crippen LogP contribution in [0.5, 0.6) is 0 Å². The van der Waals surface area contributed by atoms with Gasteiger partial charge in [-0.25, -0.2) is 4.79 Å². The fraction of sp³-hybridized carbons (Fsp3) is 0.933. The van der Waals surface area contributed by atoms with Crippen LogP contribution >= 0.6 is 0 Å². The van der Waals surface area contributed by atoms with Gasteiger partial charge >= 0.3 is 5.97 Å². The van der Waals surface area contributed by atoms with E-state index in [4.69, 9.17) is 9.84 Å². The molecule has 2 rings (SSSR count). The Kier molecular flexibility index (Phi) is 6.26. The van der Waals surface area contributed by atoms with Crippen molar-refractivity contribution in [1.82, 2.24) is 9.80 Å². The van der Waals surface area contributed by atoms with E-state index in [0.717, 1.165) is 19.6 Å². The van der Waals surface area contributed by atoms with Gasteiger partial charge in [-0.15, -0.1) is 0 Å². The molecule has 2 atom stereocenters. The second-order valence-electron chi connectivity index (χ2n) is 5.91. The van der Waals surface area contributed by atoms with Crippen molar-refractivity contribution < 1.29 is 14.6 Å². The third-order valence-corrected chi connectivity index (χ3v) is 4.51. The van der Waals surface area contributed by atoms with Crippen LogP contribution in [0.3, 0.4) is 0 Å². The van der Waals surface area contributed by atoms with E-state index in [1.54, 1.807) is 0 Å². The summed E-state index contributed by atoms with van der Waals surface area (Å²) in [5, 5.41) is 9.08. The van der Waals surface area contributed by atoms with E-state index in [9.17, 15) is 4.79 Å². The van der Waals surface area contributed by atoms with Gasteiger partial charge in [0, 0.05) is 25.7 Å². The molecule has 2 aliphatic heterocycles. The van der Waals surface area contributed by atoms with Gasteiger partial charge in [0.1, 0.15) is 0 Å². The molecule has 0 saturated carbocycles. The number of aliphatic carboxylic acids is 1. The lowest BCUT2D eigenvalue weighted by molar-refractivity contribution is -0.150. The fourth-order valence-corrected chi connectivity index (χ4v) is 3.38. The molecule has 0 aromatic rings. The van der Waals surface area contributed by atoms with Crippen molar-refractivity contribution in [2.45, 2.75) is 51.2 Å². The van der Waals surface area contributed by atoms with Gasteiger partial charge in [-0.1, -0.05) is 6.42 Å². The van der Waals surface area contributed by atoms with Gasteiger partial charge in [0.2, 0.25) is 0 Å². The monoisotopic (exact) mass is 284 g/mol. The zero-order valence-electron chi connectivity index (χ0n) is 12.6. The molecule has 2 saturated heterocycles. The number of rotatable bonds is 7. The van der Waals surface area contributed by atoms with Gasteiger partial charge < -0.3 is 14.7 Å². The van der Waals surface area contributed by atoms with Crippen LogP contribution in [0.15, 0.2) is 0 Å². The lowest BCUT2D eigenvalue weighted by Crippen LogP contribution is -2.41. The van der Waals surface area contributed by atoms with Gasteiger partial charge in [-0.05, 0) is 52.2 Å². The normalized spacial score (nSPS) is 26.8. The first-order valence-electron chi connectivity index (χ1n) is 8.01. The lowest BCUT2D eigenvalue weighted by atomic mass is 10.1. The molecule has 20 heavy (non-hydrogen) atoms. The third-order valence-electron chi connectivity index (χ3n) is 4.51. The van der Waals surface area contributed by atoms with Crippen LogP contribution in [0.1, 0.15) is 39.0 Å². The number of ether oxygens (including phenoxy) is 1. The van der Waals surface area contributed by atoms with Crippen molar-refractivity contribution in [2.24, 2.45) is 0 Å². The molecule has 116 valence electrons. The molecule has 0 bridgehead atoms. The first-order valence-corrected chi connectivity index (χ1v) is 8.01. The number of carboxylic acid groups (broad SMARTS) is 1. The van der Waals surface area contributed by atoms with E-state index < -0.39 is 12.1 Å². The Morgan fingerprint density at radius 2 is 2.05 bits per heavy atom. The van der Waals surface area contributed by atoms with Crippen LogP contribution in [-0.2, 0) is 9.53 Å². The Bertz CT molecular complexity index is 305. The third kappa shape index (κ3) is 4.43. The average Bonchev–Trinajstić information content (AvgIpc) is 2.93. The standard InChI is InChI=1S/C15H28N2O3/c1-2-20-14(15(18)19)7-11-16-10-6-13(12-16)17-8-4-3-5-9-17/h13-14H,2-12H2,1H3,(H,18,19). The van der Waals surface area contributed by atoms with Gasteiger partial charge in [-0.3, -0.25) is 4.90 Å². The first kappa shape index (κ1) is 15.7. The minimum absolute atomic E-state index is 0.466. The van der Waals surface area contributed by atoms with E-state index in [1.807, 2.05) is 6.92 Å². The number of hydrogen-bond donors (Lipinski definition) is 1. The highest BCUT2D eigenvalue weighted by molar-refractivity contribution is 5.72. The van der Waals surface area contributed by atoms with Crippen LogP contribution in [0, 0.1) is 0 Å². The van der Waals surface area contributed by atoms with Crippen LogP contribution in [0.4, 0.5) is 0 Å². The first-order chi connectivity index (χ1) is 9.70. The van der Waals surface area contributed by atoms with E-state index in [1.165, 1.54) is 38.8 Å². The van der Waals surface area contributed by atoms with Crippen molar-refractivity contribution in [2.75, 3.05) is 39.3 Å². The summed E-state index contributed by atoms with van der Waals surface area (Å²) < 4.78 is 5.27. The molecular weight excluding hydrogens is 256 g/mol. The van der Waals surface area contributed by atoms with Crippen molar-refractivity contribution in [3.05, 3.63) is 0 Å². The summed E-state index contributed by atoms with van der Waals surface area (Å²) in [5.74, 6) is -0.835. The molecule has 2 fully saturated rings. The molecule has 0 aliphatic carbocycles. The predicted octanol–water partition coefficient (Wildman–Crippen LogP) is 1.43. The molecule has 2 heterocycles. The summed E-state index contributed by atoms with van der Waals surface area (Å²) in [7, 11) is 0. The molecule has 0 aromatic heterocycles. The van der Waals surface area contributed by atoms with Gasteiger partial charge in [0.05, 0.1) is 0 Å². The molecule has 1 N–H and O–H groups in total. The number of likely N-dealkylation sites (tertiary alicyclic amines) is 2. The lowest BCUT2D eigenvalue weighted by Gasteiger charge is -2.32. The number of carboxylic acids is 1. The van der Waals surface area contributed by atoms with Crippen molar-refractivity contribution >= 4 is 5.97 Å². The molecule has 0 radical (unpaired) electrons. The van der Waals surface area contributed by atoms with E-state index in [0.29, 0.717) is 19.1 Å². The predicted molar refractivity (Wildman–Crippen MR) is 77.9 cm³/mol. The second-order valence-corrected chi connectivity index (χ2v) is 5.91. The SMILES string of the molecule is CCOC(CCN1CCC(N2CCCCC2)C1)C(=O)O. The summed E-state index contributed by atoms with van der Waals surface area (Å²) in [6.07, 6.45) is 5.22. The number of nitrogens with zero attached hydrogens (tertiary/aromatic N) is 2. The maximum atomic E-state index is 11.1. The number of hydrogen-bond acceptors (Lipinski definition) is 4. The van der Waals surface area contributed by atoms with Crippen LogP contribution in [-0.4, -0.2) is 72.4 Å². The smallest absolute Gasteiger partial charge is 0.332 e. The largest absolute Gasteiger partial charge is 0.479 e. The quantitative estimate of drug-likeness (QED) is 0.766. The topological polar surface area (TPSA) is 53.0 Å². The minimum Gasteiger partial charge on any atom is -0.479 e. The van der Waals surface area contributed by atoms with Crippen LogP contribution in [0.2, 0.25) is 0 Å². The van der Waals surface area contributed by atoms with E-state index in [-0.39, 0.29) is 0 Å². The number of carbonyl (C=O) groups is 1. The Morgan fingerprint density at radius 3 is 2.70 bits per heavy atom. The van der Waals surface area contributed by atoms with E-state index in [2.05, 4.69) is 9.80 Å². The maximum Gasteiger partial charge on any atom is 0.332 e. The Labute approximate surface area is 121 Å². The van der Waals surface area contributed by atoms with Gasteiger partial charge in [-0.2, -0.15) is 0 Å². The molecule has 5 heteroatoms. The zero-order chi connectivity index (χ0) is 14.4. The zero-order valence-corrected chi connectivity index (χ0v) is 12.6. The maximum absolute atomic E-state index is 11.1. The Hall–Kier alpha value is -0.650. The summed E-state index contributed by atoms with van der Waals surface area (Å²) in [6, 6.07) is 0.686. The molecule has 2 unspecified atom stereocenters. The van der Waals surface area contributed by atoms with E-state index >= 15 is 0 Å². The molecule has 2 aliphatic rings. The van der Waals surface area contributed by atoms with Crippen molar-refractivity contribution in [3.8, 4) is 0 Å². The minimum atomic E-state index is -0.835. The number of piperidine rings is 1. The fourth-order valence-electron chi connectivity index (χ4n) is 3.38. The van der Waals surface area contributed by atoms with Crippen molar-refractivity contribution in [1.29, 1.82) is 0 Å². The Morgan fingerprint density at radius 1 is 1.30 bits per heavy atom. The highest BCUT2D eigenvalue weighted by Crippen LogP contribution is 2.20. The highest BCUT2D eigenvalue weighted by Gasteiger charge is 2.29. The highest BCUT2D eigenvalue weighted by atomic mass is 16.5. The molecule has 5 nitrogen and oxygen atoms in total. The molecule has 0 spiro atoms. The molecule has 0 aromatic carbocycles. The van der Waals surface area contributed by atoms with Crippen LogP contribution in [0.25, 0.3) is 0 Å². The van der Waals surface area contributed by atoms with Gasteiger partial charge in [0.15, 0.2) is 6.10 Å². The Balaban J connectivity index is 1.71. The summed E-state index contributed by atoms with van der Waals surface area (Å²) in [5.41, 5.74) is 0. The average molecular weight is 284 g/mol. The molecule has 0 amide bonds. The summed E-state index contributed by atoms with van der Waals surface area (Å²) in [6.45, 7) is 7.83. The van der Waals surface area contributed by atoms with Crippen molar-refractivity contribution in [3.63, 3.8) is 0 Å². The second kappa shape index (κ2) is 7.96. The van der Waals surface area contributed by atoms with Gasteiger partial charge in [0.25, 0.3) is 0 Å². The molecular formula is C15H28N2O3. The summed E-state index contributed by atoms with van der Waals surface area (Å²) in [4.78, 5) is 16.1.